The summed E-state index contributed by atoms with van der Waals surface area (Å²) in [6.45, 7) is 2.50. The zero-order valence-electron chi connectivity index (χ0n) is 16.1. The van der Waals surface area contributed by atoms with Crippen molar-refractivity contribution in [3.8, 4) is 17.1 Å². The van der Waals surface area contributed by atoms with E-state index in [2.05, 4.69) is 14.9 Å². The maximum Gasteiger partial charge on any atom is 0.416 e. The van der Waals surface area contributed by atoms with Gasteiger partial charge in [0, 0.05) is 17.3 Å². The molecule has 11 heteroatoms. The summed E-state index contributed by atoms with van der Waals surface area (Å²) in [5.74, 6) is 0.396. The average molecular weight is 472 g/mol. The lowest BCUT2D eigenvalue weighted by atomic mass is 10.1. The van der Waals surface area contributed by atoms with Crippen LogP contribution in [0.3, 0.4) is 0 Å². The third-order valence-electron chi connectivity index (χ3n) is 4.08. The highest BCUT2D eigenvalue weighted by Crippen LogP contribution is 2.34. The van der Waals surface area contributed by atoms with Crippen molar-refractivity contribution in [2.45, 2.75) is 24.4 Å². The molecule has 3 rings (SSSR count). The first-order chi connectivity index (χ1) is 14.6. The zero-order valence-corrected chi connectivity index (χ0v) is 17.7. The van der Waals surface area contributed by atoms with Crippen LogP contribution in [0.2, 0.25) is 5.02 Å². The zero-order chi connectivity index (χ0) is 22.6. The number of benzene rings is 2. The van der Waals surface area contributed by atoms with Gasteiger partial charge in [0.2, 0.25) is 5.88 Å². The fourth-order valence-electron chi connectivity index (χ4n) is 2.56. The van der Waals surface area contributed by atoms with Crippen molar-refractivity contribution in [1.29, 1.82) is 0 Å². The summed E-state index contributed by atoms with van der Waals surface area (Å²) in [5, 5.41) is 7.70. The van der Waals surface area contributed by atoms with Gasteiger partial charge in [0.15, 0.2) is 0 Å². The van der Waals surface area contributed by atoms with Crippen LogP contribution in [0.25, 0.3) is 11.3 Å². The Morgan fingerprint density at radius 2 is 1.74 bits per heavy atom. The number of rotatable bonds is 7. The van der Waals surface area contributed by atoms with Gasteiger partial charge in [-0.1, -0.05) is 30.7 Å². The second-order valence-electron chi connectivity index (χ2n) is 6.43. The minimum Gasteiger partial charge on any atom is -0.477 e. The van der Waals surface area contributed by atoms with Crippen LogP contribution in [0.1, 0.15) is 18.9 Å². The summed E-state index contributed by atoms with van der Waals surface area (Å²) in [7, 11) is -4.35. The van der Waals surface area contributed by atoms with Gasteiger partial charge in [-0.2, -0.15) is 13.2 Å². The van der Waals surface area contributed by atoms with E-state index in [4.69, 9.17) is 16.3 Å². The number of nitrogens with one attached hydrogen (secondary N) is 1. The van der Waals surface area contributed by atoms with Crippen LogP contribution in [0.5, 0.6) is 5.88 Å². The van der Waals surface area contributed by atoms with Gasteiger partial charge in [-0.25, -0.2) is 8.42 Å². The molecule has 0 saturated heterocycles. The fourth-order valence-corrected chi connectivity index (χ4v) is 4.15. The second-order valence-corrected chi connectivity index (χ2v) is 8.49. The molecule has 1 aromatic heterocycles. The summed E-state index contributed by atoms with van der Waals surface area (Å²) < 4.78 is 71.5. The van der Waals surface area contributed by atoms with Gasteiger partial charge in [-0.15, -0.1) is 10.2 Å². The minimum atomic E-state index is -4.70. The van der Waals surface area contributed by atoms with E-state index in [0.29, 0.717) is 29.8 Å². The van der Waals surface area contributed by atoms with Crippen molar-refractivity contribution in [1.82, 2.24) is 10.2 Å². The smallest absolute Gasteiger partial charge is 0.416 e. The van der Waals surface area contributed by atoms with Crippen LogP contribution < -0.4 is 9.46 Å². The Morgan fingerprint density at radius 3 is 2.32 bits per heavy atom. The third kappa shape index (κ3) is 5.65. The van der Waals surface area contributed by atoms with Crippen LogP contribution in [0.4, 0.5) is 18.9 Å². The van der Waals surface area contributed by atoms with Gasteiger partial charge in [-0.3, -0.25) is 4.72 Å². The number of anilines is 1. The molecule has 0 bridgehead atoms. The molecule has 3 aromatic rings. The Hall–Kier alpha value is -2.85. The quantitative estimate of drug-likeness (QED) is 0.498. The molecule has 0 unspecified atom stereocenters. The first kappa shape index (κ1) is 22.8. The molecule has 0 aliphatic rings. The minimum absolute atomic E-state index is 0.146. The summed E-state index contributed by atoms with van der Waals surface area (Å²) in [6, 6.07) is 11.6. The molecule has 6 nitrogen and oxygen atoms in total. The van der Waals surface area contributed by atoms with Gasteiger partial charge in [0.05, 0.1) is 22.9 Å². The van der Waals surface area contributed by atoms with Gasteiger partial charge >= 0.3 is 6.18 Å². The Kier molecular flexibility index (Phi) is 6.71. The van der Waals surface area contributed by atoms with E-state index in [-0.39, 0.29) is 10.7 Å². The molecule has 2 aromatic carbocycles. The van der Waals surface area contributed by atoms with E-state index in [1.54, 1.807) is 24.3 Å². The molecule has 0 fully saturated rings. The Labute approximate surface area is 182 Å². The number of hydrogen-bond donors (Lipinski definition) is 1. The monoisotopic (exact) mass is 471 g/mol. The van der Waals surface area contributed by atoms with E-state index < -0.39 is 26.7 Å². The molecule has 0 radical (unpaired) electrons. The van der Waals surface area contributed by atoms with E-state index in [1.165, 1.54) is 12.1 Å². The lowest BCUT2D eigenvalue weighted by Gasteiger charge is -2.13. The molecule has 0 spiro atoms. The molecule has 0 saturated carbocycles. The topological polar surface area (TPSA) is 81.2 Å². The van der Waals surface area contributed by atoms with Crippen molar-refractivity contribution in [3.63, 3.8) is 0 Å². The molecular weight excluding hydrogens is 455 g/mol. The van der Waals surface area contributed by atoms with E-state index >= 15 is 0 Å². The molecule has 0 aliphatic heterocycles. The SMILES string of the molecule is CCCOc1ccc(-c2ccc(NS(=O)(=O)c3cc(C(F)(F)F)ccc3Cl)cc2)nn1. The van der Waals surface area contributed by atoms with Crippen molar-refractivity contribution >= 4 is 27.3 Å². The standard InChI is InChI=1S/C20H17ClF3N3O3S/c1-2-11-30-19-10-9-17(25-26-19)13-3-6-15(7-4-13)27-31(28,29)18-12-14(20(22,23)24)5-8-16(18)21/h3-10,12,27H,2,11H2,1H3. The predicted molar refractivity (Wildman–Crippen MR) is 111 cm³/mol. The van der Waals surface area contributed by atoms with Gasteiger partial charge in [0.25, 0.3) is 10.0 Å². The molecule has 0 aliphatic carbocycles. The lowest BCUT2D eigenvalue weighted by Crippen LogP contribution is -2.15. The van der Waals surface area contributed by atoms with Crippen molar-refractivity contribution in [2.75, 3.05) is 11.3 Å². The van der Waals surface area contributed by atoms with E-state index in [0.717, 1.165) is 18.6 Å². The lowest BCUT2D eigenvalue weighted by molar-refractivity contribution is -0.137. The second kappa shape index (κ2) is 9.11. The Balaban J connectivity index is 1.79. The van der Waals surface area contributed by atoms with Crippen LogP contribution in [0, 0.1) is 0 Å². The molecule has 164 valence electrons. The highest BCUT2D eigenvalue weighted by Gasteiger charge is 2.32. The molecule has 0 amide bonds. The highest BCUT2D eigenvalue weighted by molar-refractivity contribution is 7.92. The molecular formula is C20H17ClF3N3O3S. The predicted octanol–water partition coefficient (Wildman–Crippen LogP) is 5.41. The first-order valence-electron chi connectivity index (χ1n) is 9.06. The number of alkyl halides is 3. The Bertz CT molecular complexity index is 1150. The largest absolute Gasteiger partial charge is 0.477 e. The third-order valence-corrected chi connectivity index (χ3v) is 5.94. The van der Waals surface area contributed by atoms with Gasteiger partial charge in [0.1, 0.15) is 4.90 Å². The Morgan fingerprint density at radius 1 is 1.03 bits per heavy atom. The average Bonchev–Trinajstić information content (AvgIpc) is 2.72. The first-order valence-corrected chi connectivity index (χ1v) is 10.9. The summed E-state index contributed by atoms with van der Waals surface area (Å²) in [4.78, 5) is -0.665. The number of aromatic nitrogens is 2. The maximum absolute atomic E-state index is 12.9. The number of nitrogens with zero attached hydrogens (tertiary/aromatic N) is 2. The summed E-state index contributed by atoms with van der Waals surface area (Å²) >= 11 is 5.83. The maximum atomic E-state index is 12.9. The van der Waals surface area contributed by atoms with E-state index in [9.17, 15) is 21.6 Å². The van der Waals surface area contributed by atoms with Crippen LogP contribution in [-0.2, 0) is 16.2 Å². The molecule has 0 atom stereocenters. The van der Waals surface area contributed by atoms with Crippen LogP contribution in [0.15, 0.2) is 59.5 Å². The number of halogens is 4. The molecule has 31 heavy (non-hydrogen) atoms. The number of hydrogen-bond acceptors (Lipinski definition) is 5. The van der Waals surface area contributed by atoms with E-state index in [1.807, 2.05) is 6.92 Å². The summed E-state index contributed by atoms with van der Waals surface area (Å²) in [6.07, 6.45) is -3.86. The van der Waals surface area contributed by atoms with Crippen LogP contribution in [-0.4, -0.2) is 25.2 Å². The normalized spacial score (nSPS) is 11.9. The number of ether oxygens (including phenoxy) is 1. The van der Waals surface area contributed by atoms with Gasteiger partial charge < -0.3 is 4.74 Å². The molecule has 1 N–H and O–H groups in total. The fraction of sp³-hybridized carbons (Fsp3) is 0.200. The van der Waals surface area contributed by atoms with Crippen molar-refractivity contribution in [3.05, 3.63) is 65.2 Å². The molecule has 1 heterocycles. The van der Waals surface area contributed by atoms with Crippen molar-refractivity contribution < 1.29 is 26.3 Å². The van der Waals surface area contributed by atoms with Crippen LogP contribution >= 0.6 is 11.6 Å². The van der Waals surface area contributed by atoms with Gasteiger partial charge in [-0.05, 0) is 42.8 Å². The van der Waals surface area contributed by atoms with Crippen molar-refractivity contribution in [2.24, 2.45) is 0 Å². The highest BCUT2D eigenvalue weighted by atomic mass is 35.5. The summed E-state index contributed by atoms with van der Waals surface area (Å²) in [5.41, 5.74) is 0.236. The number of sulfonamides is 1.